The molecule has 4 amide bonds. The number of aromatic hydroxyl groups is 1. The first-order chi connectivity index (χ1) is 22.9. The van der Waals surface area contributed by atoms with Crippen LogP contribution in [0, 0.1) is 36.4 Å². The third-order valence-electron chi connectivity index (χ3n) is 10.5. The average Bonchev–Trinajstić information content (AvgIpc) is 3.43. The zero-order chi connectivity index (χ0) is 34.1. The average molecular weight is 672 g/mol. The molecule has 4 aliphatic rings. The number of aliphatic carboxylic acids is 1. The number of hydrazine groups is 1. The summed E-state index contributed by atoms with van der Waals surface area (Å²) in [6.45, 7) is 1.47. The van der Waals surface area contributed by atoms with Crippen molar-refractivity contribution < 1.29 is 38.6 Å². The molecule has 3 fully saturated rings. The molecule has 3 N–H and O–H groups in total. The molecule has 12 heteroatoms. The van der Waals surface area contributed by atoms with Crippen LogP contribution < -0.4 is 5.43 Å². The number of phenols is 1. The Hall–Kier alpha value is -5.03. The number of nitrogens with zero attached hydrogens (tertiary/aromatic N) is 2. The Bertz CT molecular complexity index is 1910. The van der Waals surface area contributed by atoms with Crippen LogP contribution in [-0.4, -0.2) is 56.3 Å². The van der Waals surface area contributed by atoms with Crippen molar-refractivity contribution in [2.45, 2.75) is 37.5 Å². The van der Waals surface area contributed by atoms with Crippen LogP contribution in [0.3, 0.4) is 0 Å². The summed E-state index contributed by atoms with van der Waals surface area (Å²) < 4.78 is 13.8. The summed E-state index contributed by atoms with van der Waals surface area (Å²) in [6.07, 6.45) is 1.75. The van der Waals surface area contributed by atoms with Gasteiger partial charge in [-0.15, -0.1) is 0 Å². The van der Waals surface area contributed by atoms with Crippen LogP contribution in [0.2, 0.25) is 5.02 Å². The van der Waals surface area contributed by atoms with Crippen LogP contribution in [0.25, 0.3) is 0 Å². The van der Waals surface area contributed by atoms with Gasteiger partial charge in [0.05, 0.1) is 35.3 Å². The number of imide groups is 2. The minimum absolute atomic E-state index is 0.0416. The van der Waals surface area contributed by atoms with Gasteiger partial charge in [0.2, 0.25) is 11.8 Å². The molecule has 246 valence electrons. The van der Waals surface area contributed by atoms with Gasteiger partial charge in [-0.1, -0.05) is 47.5 Å². The number of anilines is 1. The van der Waals surface area contributed by atoms with Crippen molar-refractivity contribution in [1.29, 1.82) is 0 Å². The number of likely N-dealkylation sites (tertiary alicyclic amines) is 1. The second-order valence-corrected chi connectivity index (χ2v) is 13.3. The summed E-state index contributed by atoms with van der Waals surface area (Å²) in [4.78, 5) is 69.4. The number of phenolic OH excluding ortho intramolecular Hbond substituents is 1. The van der Waals surface area contributed by atoms with Crippen molar-refractivity contribution in [3.63, 3.8) is 0 Å². The first kappa shape index (κ1) is 31.6. The lowest BCUT2D eigenvalue weighted by atomic mass is 9.49. The van der Waals surface area contributed by atoms with Gasteiger partial charge in [-0.2, -0.15) is 5.01 Å². The minimum Gasteiger partial charge on any atom is -0.508 e. The summed E-state index contributed by atoms with van der Waals surface area (Å²) in [7, 11) is 0. The molecular weight excluding hydrogens is 641 g/mol. The predicted octanol–water partition coefficient (Wildman–Crippen LogP) is 4.95. The minimum atomic E-state index is -1.54. The number of rotatable bonds is 7. The predicted molar refractivity (Wildman–Crippen MR) is 171 cm³/mol. The van der Waals surface area contributed by atoms with Crippen LogP contribution >= 0.6 is 11.6 Å². The number of hydrogen-bond donors (Lipinski definition) is 3. The number of hydrogen-bond acceptors (Lipinski definition) is 7. The van der Waals surface area contributed by atoms with Crippen molar-refractivity contribution in [3.05, 3.63) is 106 Å². The van der Waals surface area contributed by atoms with Gasteiger partial charge in [-0.3, -0.25) is 34.3 Å². The molecule has 6 atom stereocenters. The van der Waals surface area contributed by atoms with Gasteiger partial charge >= 0.3 is 5.97 Å². The number of halogens is 2. The molecule has 0 spiro atoms. The van der Waals surface area contributed by atoms with E-state index in [0.717, 1.165) is 15.5 Å². The van der Waals surface area contributed by atoms with E-state index in [2.05, 4.69) is 5.43 Å². The Balaban J connectivity index is 1.43. The SMILES string of the molecule is Cc1cc([C@H]2C3=CC[C@@H]4C(=O)N(CCC(=O)O)C(=O)[C@@H]4[C@@H]3C[C@H]3C(=O)N(Nc4ccc(F)cc4)C(=O)[C@@]23c2ccc(Cl)cc2)ccc1O. The highest BCUT2D eigenvalue weighted by Gasteiger charge is 2.70. The zero-order valence-corrected chi connectivity index (χ0v) is 26.5. The Morgan fingerprint density at radius 3 is 2.35 bits per heavy atom. The molecule has 2 saturated heterocycles. The fourth-order valence-electron chi connectivity index (χ4n) is 8.38. The molecule has 3 aromatic rings. The third kappa shape index (κ3) is 4.70. The van der Waals surface area contributed by atoms with E-state index in [-0.39, 0.29) is 25.1 Å². The van der Waals surface area contributed by atoms with E-state index in [9.17, 15) is 33.8 Å². The summed E-state index contributed by atoms with van der Waals surface area (Å²) in [6, 6.07) is 16.9. The highest BCUT2D eigenvalue weighted by molar-refractivity contribution is 6.30. The first-order valence-electron chi connectivity index (χ1n) is 15.7. The standard InChI is InChI=1S/C36H31ClFN3O7/c1-18-16-19(2-13-28(18)42)31-24-11-12-25-30(34(47)40(32(25)45)15-14-29(43)44)26(24)17-27-33(46)41(39-23-9-7-22(38)8-10-23)35(48)36(27,31)20-3-5-21(37)6-4-20/h2-11,13,16,25-27,30-31,39,42H,12,14-15,17H2,1H3,(H,43,44)/t25-,26+,27-,30-,31-,36+/m0/s1. The number of benzene rings is 3. The smallest absolute Gasteiger partial charge is 0.305 e. The number of carboxylic acids is 1. The monoisotopic (exact) mass is 671 g/mol. The van der Waals surface area contributed by atoms with E-state index < -0.39 is 76.8 Å². The largest absolute Gasteiger partial charge is 0.508 e. The van der Waals surface area contributed by atoms with E-state index in [1.165, 1.54) is 30.3 Å². The van der Waals surface area contributed by atoms with Crippen LogP contribution in [0.4, 0.5) is 10.1 Å². The summed E-state index contributed by atoms with van der Waals surface area (Å²) >= 11 is 6.30. The summed E-state index contributed by atoms with van der Waals surface area (Å²) in [5.74, 6) is -7.66. The van der Waals surface area contributed by atoms with Gasteiger partial charge in [-0.25, -0.2) is 4.39 Å². The topological polar surface area (TPSA) is 144 Å². The van der Waals surface area contributed by atoms with E-state index in [0.29, 0.717) is 27.4 Å². The lowest BCUT2D eigenvalue weighted by Crippen LogP contribution is -2.53. The maximum Gasteiger partial charge on any atom is 0.305 e. The summed E-state index contributed by atoms with van der Waals surface area (Å²) in [5, 5.41) is 21.1. The highest BCUT2D eigenvalue weighted by atomic mass is 35.5. The van der Waals surface area contributed by atoms with Crippen molar-refractivity contribution in [3.8, 4) is 5.75 Å². The second-order valence-electron chi connectivity index (χ2n) is 12.9. The molecule has 10 nitrogen and oxygen atoms in total. The maximum absolute atomic E-state index is 15.1. The third-order valence-corrected chi connectivity index (χ3v) is 10.7. The Kier molecular flexibility index (Phi) is 7.62. The van der Waals surface area contributed by atoms with Crippen molar-refractivity contribution in [2.24, 2.45) is 23.7 Å². The van der Waals surface area contributed by atoms with Gasteiger partial charge in [0.1, 0.15) is 11.6 Å². The maximum atomic E-state index is 15.1. The van der Waals surface area contributed by atoms with Gasteiger partial charge in [0.15, 0.2) is 0 Å². The molecule has 0 unspecified atom stereocenters. The fraction of sp³-hybridized carbons (Fsp3) is 0.306. The molecule has 1 saturated carbocycles. The number of allylic oxidation sites excluding steroid dienone is 2. The van der Waals surface area contributed by atoms with Crippen LogP contribution in [0.1, 0.15) is 41.9 Å². The van der Waals surface area contributed by atoms with E-state index >= 15 is 4.79 Å². The van der Waals surface area contributed by atoms with E-state index in [4.69, 9.17) is 11.6 Å². The lowest BCUT2D eigenvalue weighted by Gasteiger charge is -2.50. The van der Waals surface area contributed by atoms with Crippen LogP contribution in [0.5, 0.6) is 5.75 Å². The molecule has 0 radical (unpaired) electrons. The molecule has 3 aromatic carbocycles. The number of carboxylic acid groups (broad SMARTS) is 1. The van der Waals surface area contributed by atoms with Crippen molar-refractivity contribution in [2.75, 3.05) is 12.0 Å². The van der Waals surface area contributed by atoms with Crippen molar-refractivity contribution in [1.82, 2.24) is 9.91 Å². The van der Waals surface area contributed by atoms with Crippen molar-refractivity contribution >= 4 is 46.9 Å². The van der Waals surface area contributed by atoms with Crippen LogP contribution in [-0.2, 0) is 29.4 Å². The second kappa shape index (κ2) is 11.6. The number of carbonyl (C=O) groups is 5. The number of aryl methyl sites for hydroxylation is 1. The van der Waals surface area contributed by atoms with Gasteiger partial charge in [0.25, 0.3) is 11.8 Å². The first-order valence-corrected chi connectivity index (χ1v) is 16.0. The molecular formula is C36H31ClFN3O7. The van der Waals surface area contributed by atoms with Crippen LogP contribution in [0.15, 0.2) is 78.4 Å². The molecule has 0 aromatic heterocycles. The quantitative estimate of drug-likeness (QED) is 0.236. The van der Waals surface area contributed by atoms with Gasteiger partial charge < -0.3 is 10.2 Å². The number of fused-ring (bicyclic) bond motifs is 4. The van der Waals surface area contributed by atoms with Gasteiger partial charge in [-0.05, 0) is 84.8 Å². The Morgan fingerprint density at radius 2 is 1.69 bits per heavy atom. The van der Waals surface area contributed by atoms with E-state index in [1.54, 1.807) is 43.3 Å². The summed E-state index contributed by atoms with van der Waals surface area (Å²) in [5.41, 5.74) is 4.07. The number of amides is 4. The highest BCUT2D eigenvalue weighted by Crippen LogP contribution is 2.64. The molecule has 0 bridgehead atoms. The fourth-order valence-corrected chi connectivity index (χ4v) is 8.51. The Morgan fingerprint density at radius 1 is 0.979 bits per heavy atom. The zero-order valence-electron chi connectivity index (χ0n) is 25.7. The normalized spacial score (nSPS) is 27.8. The number of carbonyl (C=O) groups excluding carboxylic acids is 4. The molecule has 48 heavy (non-hydrogen) atoms. The van der Waals surface area contributed by atoms with E-state index in [1.807, 2.05) is 6.08 Å². The number of nitrogens with one attached hydrogen (secondary N) is 1. The molecule has 7 rings (SSSR count). The van der Waals surface area contributed by atoms with Gasteiger partial charge in [0, 0.05) is 17.5 Å². The Labute approximate surface area is 279 Å². The molecule has 2 aliphatic carbocycles. The lowest BCUT2D eigenvalue weighted by molar-refractivity contribution is -0.143. The molecule has 2 heterocycles. The molecule has 2 aliphatic heterocycles.